The van der Waals surface area contributed by atoms with Gasteiger partial charge in [-0.3, -0.25) is 5.41 Å². The second-order valence-corrected chi connectivity index (χ2v) is 12.6. The lowest BCUT2D eigenvalue weighted by atomic mass is 9.99. The highest BCUT2D eigenvalue weighted by Gasteiger charge is 2.16. The Morgan fingerprint density at radius 2 is 1.12 bits per heavy atom. The van der Waals surface area contributed by atoms with Crippen LogP contribution in [0.2, 0.25) is 0 Å². The summed E-state index contributed by atoms with van der Waals surface area (Å²) in [5.41, 5.74) is 8.50. The van der Waals surface area contributed by atoms with Crippen LogP contribution in [0, 0.1) is 5.41 Å². The maximum Gasteiger partial charge on any atom is 0.161 e. The Labute approximate surface area is 295 Å². The van der Waals surface area contributed by atoms with E-state index in [2.05, 4.69) is 115 Å². The highest BCUT2D eigenvalue weighted by atomic mass is 16.3. The molecule has 0 radical (unpaired) electrons. The molecule has 0 aliphatic rings. The molecule has 0 saturated heterocycles. The number of hydrogen-bond donors (Lipinski definition) is 1. The van der Waals surface area contributed by atoms with E-state index >= 15 is 0 Å². The van der Waals surface area contributed by atoms with Gasteiger partial charge in [-0.15, -0.1) is 0 Å². The van der Waals surface area contributed by atoms with E-state index in [1.807, 2.05) is 60.7 Å². The van der Waals surface area contributed by atoms with Crippen LogP contribution in [0.3, 0.4) is 0 Å². The lowest BCUT2D eigenvalue weighted by Crippen LogP contribution is -2.05. The molecular weight excluding hydrogens is 623 g/mol. The molecule has 9 rings (SSSR count). The van der Waals surface area contributed by atoms with Crippen LogP contribution in [0.15, 0.2) is 190 Å². The third kappa shape index (κ3) is 5.90. The van der Waals surface area contributed by atoms with E-state index in [9.17, 15) is 5.41 Å². The molecule has 4 nitrogen and oxygen atoms in total. The Morgan fingerprint density at radius 3 is 1.94 bits per heavy atom. The van der Waals surface area contributed by atoms with E-state index in [1.165, 1.54) is 21.9 Å². The number of nitrogens with one attached hydrogen (secondary N) is 1. The number of rotatable bonds is 5. The van der Waals surface area contributed by atoms with Crippen molar-refractivity contribution in [1.82, 2.24) is 0 Å². The minimum atomic E-state index is 0.113. The smallest absolute Gasteiger partial charge is 0.161 e. The fraction of sp³-hybridized carbons (Fsp3) is 0. The van der Waals surface area contributed by atoms with Gasteiger partial charge < -0.3 is 4.42 Å². The van der Waals surface area contributed by atoms with Gasteiger partial charge in [-0.1, -0.05) is 140 Å². The molecule has 0 aliphatic carbocycles. The maximum absolute atomic E-state index is 9.33. The minimum Gasteiger partial charge on any atom is -0.456 e. The monoisotopic (exact) mass is 653 g/mol. The highest BCUT2D eigenvalue weighted by Crippen LogP contribution is 2.35. The molecule has 0 fully saturated rings. The second kappa shape index (κ2) is 12.8. The van der Waals surface area contributed by atoms with Gasteiger partial charge in [0.25, 0.3) is 0 Å². The van der Waals surface area contributed by atoms with Gasteiger partial charge in [-0.25, -0.2) is 9.98 Å². The summed E-state index contributed by atoms with van der Waals surface area (Å²) >= 11 is 0. The number of furan rings is 1. The summed E-state index contributed by atoms with van der Waals surface area (Å²) in [5.74, 6) is 0.572. The molecule has 0 unspecified atom stereocenters. The van der Waals surface area contributed by atoms with Gasteiger partial charge in [-0.2, -0.15) is 0 Å². The minimum absolute atomic E-state index is 0.113. The summed E-state index contributed by atoms with van der Waals surface area (Å²) in [6.07, 6.45) is 1.80. The second-order valence-electron chi connectivity index (χ2n) is 12.6. The van der Waals surface area contributed by atoms with Crippen molar-refractivity contribution in [2.45, 2.75) is 0 Å². The first-order chi connectivity index (χ1) is 25.2. The van der Waals surface area contributed by atoms with Crippen LogP contribution in [0.4, 0.5) is 0 Å². The molecule has 0 amide bonds. The fourth-order valence-electron chi connectivity index (χ4n) is 6.78. The van der Waals surface area contributed by atoms with E-state index in [-0.39, 0.29) is 5.84 Å². The van der Waals surface area contributed by atoms with Gasteiger partial charge in [0.2, 0.25) is 0 Å². The molecule has 1 heterocycles. The highest BCUT2D eigenvalue weighted by molar-refractivity contribution is 6.21. The molecule has 9 aromatic rings. The van der Waals surface area contributed by atoms with Gasteiger partial charge in [0.1, 0.15) is 11.2 Å². The zero-order valence-electron chi connectivity index (χ0n) is 27.6. The Kier molecular flexibility index (Phi) is 7.60. The Morgan fingerprint density at radius 1 is 0.490 bits per heavy atom. The molecule has 0 spiro atoms. The molecule has 4 heteroatoms. The van der Waals surface area contributed by atoms with Crippen molar-refractivity contribution in [3.63, 3.8) is 0 Å². The third-order valence-electron chi connectivity index (χ3n) is 9.39. The molecule has 0 bridgehead atoms. The van der Waals surface area contributed by atoms with Crippen molar-refractivity contribution in [1.29, 1.82) is 5.41 Å². The van der Waals surface area contributed by atoms with Gasteiger partial charge >= 0.3 is 0 Å². The Hall–Kier alpha value is -6.91. The van der Waals surface area contributed by atoms with E-state index in [1.54, 1.807) is 6.21 Å². The van der Waals surface area contributed by atoms with Crippen LogP contribution >= 0.6 is 0 Å². The largest absolute Gasteiger partial charge is 0.456 e. The fourth-order valence-corrected chi connectivity index (χ4v) is 6.78. The number of aliphatic imine (C=N–C) groups is 2. The number of benzene rings is 8. The maximum atomic E-state index is 9.33. The number of fused-ring (bicyclic) bond motifs is 5. The van der Waals surface area contributed by atoms with E-state index in [0.717, 1.165) is 49.4 Å². The first kappa shape index (κ1) is 30.2. The first-order valence-electron chi connectivity index (χ1n) is 17.0. The average molecular weight is 654 g/mol. The van der Waals surface area contributed by atoms with E-state index in [0.29, 0.717) is 17.0 Å². The molecule has 1 aromatic heterocycles. The number of amidine groups is 2. The summed E-state index contributed by atoms with van der Waals surface area (Å²) in [6.45, 7) is 0. The van der Waals surface area contributed by atoms with Crippen LogP contribution < -0.4 is 0 Å². The lowest BCUT2D eigenvalue weighted by Gasteiger charge is -2.08. The molecule has 240 valence electrons. The van der Waals surface area contributed by atoms with Crippen LogP contribution in [0.1, 0.15) is 16.7 Å². The lowest BCUT2D eigenvalue weighted by molar-refractivity contribution is 0.669. The van der Waals surface area contributed by atoms with Crippen molar-refractivity contribution in [3.05, 3.63) is 193 Å². The summed E-state index contributed by atoms with van der Waals surface area (Å²) in [7, 11) is 0. The van der Waals surface area contributed by atoms with Crippen LogP contribution in [0.5, 0.6) is 0 Å². The quantitative estimate of drug-likeness (QED) is 0.146. The number of hydrogen-bond acceptors (Lipinski definition) is 2. The van der Waals surface area contributed by atoms with Gasteiger partial charge in [-0.05, 0) is 85.8 Å². The SMILES string of the molecule is N=C(N=C(N=Cc1ccccc1)c1ccc2cc(-c3ccccc3)ccc2c1)c1cccc2oc3cc(-c4ccc5ccccc5c4)ccc3c12. The standard InChI is InChI=1S/C47H31N3O/c48-46(42-16-9-17-43-45(42)41-25-24-39(29-44(41)51-43)37-19-18-33-14-7-8-15-34(33)26-37)50-47(49-30-31-10-3-1-4-11-31)40-23-22-36-27-35(20-21-38(36)28-40)32-12-5-2-6-13-32/h1-30,48H. The molecule has 0 aliphatic heterocycles. The molecule has 1 N–H and O–H groups in total. The zero-order valence-corrected chi connectivity index (χ0v) is 27.6. The van der Waals surface area contributed by atoms with E-state index in [4.69, 9.17) is 14.4 Å². The van der Waals surface area contributed by atoms with E-state index < -0.39 is 0 Å². The number of nitrogens with zero attached hydrogens (tertiary/aromatic N) is 2. The normalized spacial score (nSPS) is 12.0. The third-order valence-corrected chi connectivity index (χ3v) is 9.39. The van der Waals surface area contributed by atoms with Gasteiger partial charge in [0.05, 0.1) is 0 Å². The topological polar surface area (TPSA) is 61.7 Å². The van der Waals surface area contributed by atoms with Crippen molar-refractivity contribution in [3.8, 4) is 22.3 Å². The zero-order chi connectivity index (χ0) is 34.1. The first-order valence-corrected chi connectivity index (χ1v) is 17.0. The average Bonchev–Trinajstić information content (AvgIpc) is 3.58. The van der Waals surface area contributed by atoms with Crippen LogP contribution in [-0.2, 0) is 0 Å². The van der Waals surface area contributed by atoms with Crippen LogP contribution in [0.25, 0.3) is 65.7 Å². The summed E-state index contributed by atoms with van der Waals surface area (Å²) in [4.78, 5) is 9.75. The van der Waals surface area contributed by atoms with Crippen molar-refractivity contribution >= 4 is 61.4 Å². The van der Waals surface area contributed by atoms with Crippen molar-refractivity contribution < 1.29 is 4.42 Å². The molecule has 51 heavy (non-hydrogen) atoms. The van der Waals surface area contributed by atoms with Crippen LogP contribution in [-0.4, -0.2) is 17.9 Å². The predicted octanol–water partition coefficient (Wildman–Crippen LogP) is 12.1. The molecular formula is C47H31N3O. The summed E-state index contributed by atoms with van der Waals surface area (Å²) < 4.78 is 6.40. The predicted molar refractivity (Wildman–Crippen MR) is 213 cm³/mol. The Balaban J connectivity index is 1.11. The summed E-state index contributed by atoms with van der Waals surface area (Å²) in [6, 6.07) is 60.1. The Bertz CT molecular complexity index is 2810. The molecule has 8 aromatic carbocycles. The van der Waals surface area contributed by atoms with Crippen molar-refractivity contribution in [2.75, 3.05) is 0 Å². The van der Waals surface area contributed by atoms with Gasteiger partial charge in [0.15, 0.2) is 11.7 Å². The van der Waals surface area contributed by atoms with Gasteiger partial charge in [0, 0.05) is 28.1 Å². The summed E-state index contributed by atoms with van der Waals surface area (Å²) in [5, 5.41) is 15.7. The molecule has 0 atom stereocenters. The van der Waals surface area contributed by atoms with Crippen molar-refractivity contribution in [2.24, 2.45) is 9.98 Å². The molecule has 0 saturated carbocycles.